The molecule has 0 amide bonds. The maximum Gasteiger partial charge on any atom is 0.148 e. The Labute approximate surface area is 109 Å². The van der Waals surface area contributed by atoms with Crippen molar-refractivity contribution < 1.29 is 9.47 Å². The van der Waals surface area contributed by atoms with E-state index in [-0.39, 0.29) is 6.10 Å². The molecule has 0 heterocycles. The highest BCUT2D eigenvalue weighted by Crippen LogP contribution is 2.17. The second-order valence-corrected chi connectivity index (χ2v) is 4.00. The molecule has 1 N–H and O–H groups in total. The van der Waals surface area contributed by atoms with Crippen LogP contribution in [0, 0.1) is 12.3 Å². The number of ether oxygens (including phenoxy) is 2. The van der Waals surface area contributed by atoms with E-state index >= 15 is 0 Å². The molecule has 0 saturated heterocycles. The van der Waals surface area contributed by atoms with Gasteiger partial charge in [-0.05, 0) is 19.9 Å². The molecule has 0 radical (unpaired) electrons. The van der Waals surface area contributed by atoms with Crippen LogP contribution in [-0.2, 0) is 11.3 Å². The minimum absolute atomic E-state index is 0.216. The monoisotopic (exact) mass is 247 g/mol. The smallest absolute Gasteiger partial charge is 0.148 e. The molecule has 98 valence electrons. The minimum Gasteiger partial charge on any atom is -0.481 e. The molecule has 3 heteroatoms. The Bertz CT molecular complexity index is 384. The molecule has 0 saturated carbocycles. The molecule has 18 heavy (non-hydrogen) atoms. The lowest BCUT2D eigenvalue weighted by Crippen LogP contribution is -2.26. The van der Waals surface area contributed by atoms with E-state index in [2.05, 4.69) is 18.2 Å². The highest BCUT2D eigenvalue weighted by atomic mass is 16.5. The zero-order valence-electron chi connectivity index (χ0n) is 11.1. The van der Waals surface area contributed by atoms with Crippen LogP contribution >= 0.6 is 0 Å². The van der Waals surface area contributed by atoms with Gasteiger partial charge >= 0.3 is 0 Å². The summed E-state index contributed by atoms with van der Waals surface area (Å²) in [6, 6.07) is 7.90. The lowest BCUT2D eigenvalue weighted by Gasteiger charge is -2.14. The summed E-state index contributed by atoms with van der Waals surface area (Å²) in [5, 5.41) is 3.35. The van der Waals surface area contributed by atoms with Crippen LogP contribution in [0.3, 0.4) is 0 Å². The quantitative estimate of drug-likeness (QED) is 0.714. The Morgan fingerprint density at radius 3 is 2.89 bits per heavy atom. The molecule has 1 aromatic carbocycles. The highest BCUT2D eigenvalue weighted by molar-refractivity contribution is 5.33. The van der Waals surface area contributed by atoms with Crippen LogP contribution < -0.4 is 10.1 Å². The molecule has 0 bridgehead atoms. The van der Waals surface area contributed by atoms with Gasteiger partial charge in [-0.15, -0.1) is 6.42 Å². The predicted molar refractivity (Wildman–Crippen MR) is 73.6 cm³/mol. The van der Waals surface area contributed by atoms with Crippen molar-refractivity contribution in [3.05, 3.63) is 29.8 Å². The van der Waals surface area contributed by atoms with Crippen molar-refractivity contribution in [2.24, 2.45) is 0 Å². The molecule has 0 aromatic heterocycles. The van der Waals surface area contributed by atoms with E-state index in [1.807, 2.05) is 31.2 Å². The Balaban J connectivity index is 2.43. The van der Waals surface area contributed by atoms with E-state index in [0.717, 1.165) is 31.0 Å². The molecule has 1 atom stereocenters. The Kier molecular flexibility index (Phi) is 6.93. The summed E-state index contributed by atoms with van der Waals surface area (Å²) in [7, 11) is 0. The number of hydrogen-bond acceptors (Lipinski definition) is 3. The standard InChI is InChI=1S/C15H21NO2/c1-4-10-18-15-9-7-6-8-14(15)12-16-11-13(3)17-5-2/h1,6-9,13,16H,5,10-12H2,2-3H3. The Hall–Kier alpha value is -1.50. The zero-order chi connectivity index (χ0) is 13.2. The molecular weight excluding hydrogens is 226 g/mol. The predicted octanol–water partition coefficient (Wildman–Crippen LogP) is 2.21. The molecule has 1 unspecified atom stereocenters. The molecular formula is C15H21NO2. The van der Waals surface area contributed by atoms with Crippen molar-refractivity contribution in [2.75, 3.05) is 19.8 Å². The molecule has 0 fully saturated rings. The van der Waals surface area contributed by atoms with Crippen molar-refractivity contribution in [3.63, 3.8) is 0 Å². The SMILES string of the molecule is C#CCOc1ccccc1CNCC(C)OCC. The molecule has 0 aliphatic heterocycles. The second kappa shape index (κ2) is 8.57. The second-order valence-electron chi connectivity index (χ2n) is 4.00. The minimum atomic E-state index is 0.216. The Morgan fingerprint density at radius 1 is 1.39 bits per heavy atom. The molecule has 3 nitrogen and oxygen atoms in total. The van der Waals surface area contributed by atoms with E-state index in [1.165, 1.54) is 0 Å². The molecule has 0 spiro atoms. The maximum absolute atomic E-state index is 5.48. The van der Waals surface area contributed by atoms with Crippen molar-refractivity contribution in [3.8, 4) is 18.1 Å². The van der Waals surface area contributed by atoms with Gasteiger partial charge in [0.1, 0.15) is 12.4 Å². The summed E-state index contributed by atoms with van der Waals surface area (Å²) in [6.07, 6.45) is 5.41. The van der Waals surface area contributed by atoms with Crippen molar-refractivity contribution in [1.82, 2.24) is 5.32 Å². The number of benzene rings is 1. The van der Waals surface area contributed by atoms with Gasteiger partial charge in [0.15, 0.2) is 0 Å². The van der Waals surface area contributed by atoms with Crippen LogP contribution in [0.2, 0.25) is 0 Å². The first kappa shape index (κ1) is 14.6. The van der Waals surface area contributed by atoms with Crippen molar-refractivity contribution in [1.29, 1.82) is 0 Å². The van der Waals surface area contributed by atoms with Crippen LogP contribution in [-0.4, -0.2) is 25.9 Å². The first-order chi connectivity index (χ1) is 8.77. The topological polar surface area (TPSA) is 30.5 Å². The summed E-state index contributed by atoms with van der Waals surface area (Å²) in [5.74, 6) is 3.31. The summed E-state index contributed by atoms with van der Waals surface area (Å²) >= 11 is 0. The van der Waals surface area contributed by atoms with Crippen LogP contribution in [0.4, 0.5) is 0 Å². The molecule has 1 aromatic rings. The van der Waals surface area contributed by atoms with Gasteiger partial charge < -0.3 is 14.8 Å². The average Bonchev–Trinajstić information content (AvgIpc) is 2.38. The number of rotatable bonds is 8. The largest absolute Gasteiger partial charge is 0.481 e. The van der Waals surface area contributed by atoms with Gasteiger partial charge in [-0.2, -0.15) is 0 Å². The summed E-state index contributed by atoms with van der Waals surface area (Å²) in [4.78, 5) is 0. The van der Waals surface area contributed by atoms with Crippen LogP contribution in [0.25, 0.3) is 0 Å². The van der Waals surface area contributed by atoms with Crippen molar-refractivity contribution in [2.45, 2.75) is 26.5 Å². The van der Waals surface area contributed by atoms with E-state index in [0.29, 0.717) is 6.61 Å². The van der Waals surface area contributed by atoms with E-state index in [4.69, 9.17) is 15.9 Å². The van der Waals surface area contributed by atoms with E-state index < -0.39 is 0 Å². The highest BCUT2D eigenvalue weighted by Gasteiger charge is 2.04. The molecule has 0 aliphatic carbocycles. The number of hydrogen-bond donors (Lipinski definition) is 1. The summed E-state index contributed by atoms with van der Waals surface area (Å²) in [6.45, 7) is 6.66. The van der Waals surface area contributed by atoms with Crippen LogP contribution in [0.15, 0.2) is 24.3 Å². The molecule has 0 aliphatic rings. The lowest BCUT2D eigenvalue weighted by molar-refractivity contribution is 0.0759. The zero-order valence-corrected chi connectivity index (χ0v) is 11.1. The normalized spacial score (nSPS) is 11.8. The number of terminal acetylenes is 1. The third-order valence-electron chi connectivity index (χ3n) is 2.48. The van der Waals surface area contributed by atoms with Gasteiger partial charge in [0.05, 0.1) is 6.10 Å². The van der Waals surface area contributed by atoms with E-state index in [9.17, 15) is 0 Å². The van der Waals surface area contributed by atoms with Gasteiger partial charge in [0.25, 0.3) is 0 Å². The first-order valence-corrected chi connectivity index (χ1v) is 6.24. The number of nitrogens with one attached hydrogen (secondary N) is 1. The third kappa shape index (κ3) is 5.22. The fourth-order valence-electron chi connectivity index (χ4n) is 1.66. The van der Waals surface area contributed by atoms with Gasteiger partial charge in [-0.1, -0.05) is 24.1 Å². The van der Waals surface area contributed by atoms with Gasteiger partial charge in [-0.25, -0.2) is 0 Å². The van der Waals surface area contributed by atoms with Crippen molar-refractivity contribution >= 4 is 0 Å². The van der Waals surface area contributed by atoms with Gasteiger partial charge in [0, 0.05) is 25.3 Å². The average molecular weight is 247 g/mol. The Morgan fingerprint density at radius 2 is 2.17 bits per heavy atom. The molecule has 1 rings (SSSR count). The first-order valence-electron chi connectivity index (χ1n) is 6.24. The van der Waals surface area contributed by atoms with Crippen LogP contribution in [0.1, 0.15) is 19.4 Å². The summed E-state index contributed by atoms with van der Waals surface area (Å²) < 4.78 is 10.9. The summed E-state index contributed by atoms with van der Waals surface area (Å²) in [5.41, 5.74) is 1.11. The lowest BCUT2D eigenvalue weighted by atomic mass is 10.2. The third-order valence-corrected chi connectivity index (χ3v) is 2.48. The van der Waals surface area contributed by atoms with Gasteiger partial charge in [-0.3, -0.25) is 0 Å². The van der Waals surface area contributed by atoms with Gasteiger partial charge in [0.2, 0.25) is 0 Å². The number of para-hydroxylation sites is 1. The van der Waals surface area contributed by atoms with Crippen LogP contribution in [0.5, 0.6) is 5.75 Å². The van der Waals surface area contributed by atoms with E-state index in [1.54, 1.807) is 0 Å². The fraction of sp³-hybridized carbons (Fsp3) is 0.467. The maximum atomic E-state index is 5.48. The fourth-order valence-corrected chi connectivity index (χ4v) is 1.66.